The predicted octanol–water partition coefficient (Wildman–Crippen LogP) is 4.07. The second-order valence-corrected chi connectivity index (χ2v) is 6.04. The van der Waals surface area contributed by atoms with E-state index in [1.165, 1.54) is 25.7 Å². The van der Waals surface area contributed by atoms with Gasteiger partial charge in [-0.05, 0) is 60.2 Å². The van der Waals surface area contributed by atoms with Crippen molar-refractivity contribution in [1.29, 1.82) is 0 Å². The van der Waals surface area contributed by atoms with Gasteiger partial charge in [0.05, 0.1) is 5.56 Å². The van der Waals surface area contributed by atoms with Gasteiger partial charge in [-0.1, -0.05) is 25.0 Å². The summed E-state index contributed by atoms with van der Waals surface area (Å²) in [5.41, 5.74) is 1.83. The van der Waals surface area contributed by atoms with E-state index in [4.69, 9.17) is 0 Å². The first-order valence-electron chi connectivity index (χ1n) is 6.65. The van der Waals surface area contributed by atoms with E-state index in [9.17, 15) is 4.79 Å². The summed E-state index contributed by atoms with van der Waals surface area (Å²) in [5.74, 6) is 0.683. The zero-order valence-electron chi connectivity index (χ0n) is 11.0. The highest BCUT2D eigenvalue weighted by Crippen LogP contribution is 2.28. The lowest BCUT2D eigenvalue weighted by atomic mass is 9.99. The van der Waals surface area contributed by atoms with Gasteiger partial charge in [-0.2, -0.15) is 0 Å². The Morgan fingerprint density at radius 3 is 2.72 bits per heavy atom. The first-order chi connectivity index (χ1) is 8.59. The molecule has 1 aliphatic rings. The van der Waals surface area contributed by atoms with E-state index < -0.39 is 0 Å². The molecule has 1 atom stereocenters. The number of hydrogen-bond donors (Lipinski definition) is 1. The molecule has 1 amide bonds. The van der Waals surface area contributed by atoms with Gasteiger partial charge >= 0.3 is 0 Å². The van der Waals surface area contributed by atoms with Crippen molar-refractivity contribution in [1.82, 2.24) is 5.32 Å². The third-order valence-corrected chi connectivity index (χ3v) is 4.95. The molecular formula is C15H20BrNO. The number of carbonyl (C=O) groups excluding carboxylic acids is 1. The van der Waals surface area contributed by atoms with Crippen molar-refractivity contribution in [3.63, 3.8) is 0 Å². The zero-order chi connectivity index (χ0) is 13.1. The number of hydrogen-bond acceptors (Lipinski definition) is 1. The molecule has 0 saturated heterocycles. The summed E-state index contributed by atoms with van der Waals surface area (Å²) in [6.07, 6.45) is 5.10. The molecule has 2 nitrogen and oxygen atoms in total. The van der Waals surface area contributed by atoms with Gasteiger partial charge in [-0.25, -0.2) is 0 Å². The molecule has 1 aromatic rings. The lowest BCUT2D eigenvalue weighted by Gasteiger charge is -2.20. The molecule has 98 valence electrons. The minimum absolute atomic E-state index is 0.0324. The molecule has 2 rings (SSSR count). The first-order valence-corrected chi connectivity index (χ1v) is 7.45. The van der Waals surface area contributed by atoms with Crippen molar-refractivity contribution in [3.05, 3.63) is 33.8 Å². The Hall–Kier alpha value is -0.830. The van der Waals surface area contributed by atoms with Crippen molar-refractivity contribution < 1.29 is 4.79 Å². The van der Waals surface area contributed by atoms with Gasteiger partial charge in [-0.3, -0.25) is 4.79 Å². The minimum Gasteiger partial charge on any atom is -0.349 e. The summed E-state index contributed by atoms with van der Waals surface area (Å²) < 4.78 is 0.904. The summed E-state index contributed by atoms with van der Waals surface area (Å²) in [4.78, 5) is 12.2. The van der Waals surface area contributed by atoms with Crippen molar-refractivity contribution in [2.24, 2.45) is 5.92 Å². The highest BCUT2D eigenvalue weighted by atomic mass is 79.9. The minimum atomic E-state index is 0.0324. The first kappa shape index (κ1) is 13.6. The summed E-state index contributed by atoms with van der Waals surface area (Å²) in [6.45, 7) is 4.12. The van der Waals surface area contributed by atoms with Gasteiger partial charge in [0.1, 0.15) is 0 Å². The number of rotatable bonds is 3. The molecule has 1 unspecified atom stereocenters. The van der Waals surface area contributed by atoms with Crippen LogP contribution in [0, 0.1) is 12.8 Å². The third kappa shape index (κ3) is 2.94. The van der Waals surface area contributed by atoms with E-state index >= 15 is 0 Å². The van der Waals surface area contributed by atoms with Crippen LogP contribution in [0.1, 0.15) is 48.5 Å². The molecule has 1 fully saturated rings. The average molecular weight is 310 g/mol. The predicted molar refractivity (Wildman–Crippen MR) is 77.8 cm³/mol. The largest absolute Gasteiger partial charge is 0.349 e. The highest BCUT2D eigenvalue weighted by Gasteiger charge is 2.23. The van der Waals surface area contributed by atoms with Crippen LogP contribution >= 0.6 is 15.9 Å². The maximum atomic E-state index is 12.2. The quantitative estimate of drug-likeness (QED) is 0.896. The zero-order valence-corrected chi connectivity index (χ0v) is 12.6. The summed E-state index contributed by atoms with van der Waals surface area (Å²) >= 11 is 3.49. The molecule has 0 aliphatic heterocycles. The monoisotopic (exact) mass is 309 g/mol. The Balaban J connectivity index is 2.05. The highest BCUT2D eigenvalue weighted by molar-refractivity contribution is 9.10. The van der Waals surface area contributed by atoms with Crippen molar-refractivity contribution >= 4 is 21.8 Å². The number of carbonyl (C=O) groups is 1. The fourth-order valence-electron chi connectivity index (χ4n) is 2.68. The Kier molecular flexibility index (Phi) is 4.44. The maximum absolute atomic E-state index is 12.2. The normalized spacial score (nSPS) is 17.7. The van der Waals surface area contributed by atoms with Gasteiger partial charge in [-0.15, -0.1) is 0 Å². The third-order valence-electron chi connectivity index (χ3n) is 3.90. The molecule has 0 spiro atoms. The topological polar surface area (TPSA) is 29.1 Å². The Labute approximate surface area is 117 Å². The van der Waals surface area contributed by atoms with Gasteiger partial charge in [0.25, 0.3) is 5.91 Å². The molecule has 1 N–H and O–H groups in total. The Bertz CT molecular complexity index is 438. The van der Waals surface area contributed by atoms with Crippen LogP contribution in [0.2, 0.25) is 0 Å². The van der Waals surface area contributed by atoms with Crippen molar-refractivity contribution in [3.8, 4) is 0 Å². The number of nitrogens with one attached hydrogen (secondary N) is 1. The molecule has 0 radical (unpaired) electrons. The van der Waals surface area contributed by atoms with Gasteiger partial charge < -0.3 is 5.32 Å². The SMILES string of the molecule is Cc1cccc(C(=O)NC(C)C2CCCC2)c1Br. The van der Waals surface area contributed by atoms with E-state index in [1.54, 1.807) is 0 Å². The van der Waals surface area contributed by atoms with E-state index in [1.807, 2.05) is 25.1 Å². The average Bonchev–Trinajstić information content (AvgIpc) is 2.86. The molecule has 3 heteroatoms. The van der Waals surface area contributed by atoms with Gasteiger partial charge in [0.2, 0.25) is 0 Å². The van der Waals surface area contributed by atoms with Gasteiger partial charge in [0, 0.05) is 10.5 Å². The summed E-state index contributed by atoms with van der Waals surface area (Å²) in [7, 11) is 0. The summed E-state index contributed by atoms with van der Waals surface area (Å²) in [6, 6.07) is 6.07. The fourth-order valence-corrected chi connectivity index (χ4v) is 3.13. The van der Waals surface area contributed by atoms with Crippen LogP contribution in [-0.4, -0.2) is 11.9 Å². The van der Waals surface area contributed by atoms with E-state index in [-0.39, 0.29) is 11.9 Å². The second-order valence-electron chi connectivity index (χ2n) is 5.24. The molecule has 0 aromatic heterocycles. The molecule has 0 bridgehead atoms. The standard InChI is InChI=1S/C15H20BrNO/c1-10-6-5-9-13(14(10)16)15(18)17-11(2)12-7-3-4-8-12/h5-6,9,11-12H,3-4,7-8H2,1-2H3,(H,17,18). The Morgan fingerprint density at radius 1 is 1.39 bits per heavy atom. The van der Waals surface area contributed by atoms with Crippen molar-refractivity contribution in [2.45, 2.75) is 45.6 Å². The van der Waals surface area contributed by atoms with Crippen molar-refractivity contribution in [2.75, 3.05) is 0 Å². The second kappa shape index (κ2) is 5.87. The lowest BCUT2D eigenvalue weighted by Crippen LogP contribution is -2.37. The fraction of sp³-hybridized carbons (Fsp3) is 0.533. The van der Waals surface area contributed by atoms with Gasteiger partial charge in [0.15, 0.2) is 0 Å². The maximum Gasteiger partial charge on any atom is 0.252 e. The molecular weight excluding hydrogens is 290 g/mol. The number of halogens is 1. The van der Waals surface area contributed by atoms with E-state index in [2.05, 4.69) is 28.2 Å². The number of benzene rings is 1. The smallest absolute Gasteiger partial charge is 0.252 e. The molecule has 0 heterocycles. The molecule has 1 saturated carbocycles. The van der Waals surface area contributed by atoms with Crippen LogP contribution in [0.4, 0.5) is 0 Å². The summed E-state index contributed by atoms with van der Waals surface area (Å²) in [5, 5.41) is 3.14. The van der Waals surface area contributed by atoms with Crippen LogP contribution in [0.15, 0.2) is 22.7 Å². The van der Waals surface area contributed by atoms with Crippen LogP contribution < -0.4 is 5.32 Å². The number of aryl methyl sites for hydroxylation is 1. The van der Waals surface area contributed by atoms with Crippen LogP contribution in [0.25, 0.3) is 0 Å². The van der Waals surface area contributed by atoms with Crippen LogP contribution in [0.5, 0.6) is 0 Å². The molecule has 1 aromatic carbocycles. The van der Waals surface area contributed by atoms with E-state index in [0.29, 0.717) is 5.92 Å². The Morgan fingerprint density at radius 2 is 2.06 bits per heavy atom. The van der Waals surface area contributed by atoms with Crippen LogP contribution in [-0.2, 0) is 0 Å². The lowest BCUT2D eigenvalue weighted by molar-refractivity contribution is 0.0926. The van der Waals surface area contributed by atoms with Crippen LogP contribution in [0.3, 0.4) is 0 Å². The van der Waals surface area contributed by atoms with E-state index in [0.717, 1.165) is 15.6 Å². The number of amides is 1. The molecule has 1 aliphatic carbocycles. The molecule has 18 heavy (non-hydrogen) atoms.